The molecule has 0 bridgehead atoms. The van der Waals surface area contributed by atoms with Crippen molar-refractivity contribution in [3.63, 3.8) is 0 Å². The molecule has 0 atom stereocenters. The molecule has 0 spiro atoms. The Morgan fingerprint density at radius 2 is 1.50 bits per heavy atom. The van der Waals surface area contributed by atoms with E-state index in [2.05, 4.69) is 0 Å². The van der Waals surface area contributed by atoms with Gasteiger partial charge in [0.05, 0.1) is 17.1 Å². The van der Waals surface area contributed by atoms with Gasteiger partial charge in [-0.25, -0.2) is 8.78 Å². The lowest BCUT2D eigenvalue weighted by Crippen LogP contribution is -2.46. The van der Waals surface area contributed by atoms with Crippen LogP contribution in [0.1, 0.15) is 21.7 Å². The zero-order valence-electron chi connectivity index (χ0n) is 13.1. The molecule has 0 amide bonds. The van der Waals surface area contributed by atoms with Crippen molar-refractivity contribution in [1.29, 1.82) is 0 Å². The quantitative estimate of drug-likeness (QED) is 0.232. The highest BCUT2D eigenvalue weighted by Gasteiger charge is 2.32. The maximum atomic E-state index is 13.4. The summed E-state index contributed by atoms with van der Waals surface area (Å²) in [6.07, 6.45) is 0. The molecular formula is C16H9F2N3O5. The number of non-ortho nitro benzene ring substituents is 1. The van der Waals surface area contributed by atoms with Crippen LogP contribution < -0.4 is 9.46 Å². The van der Waals surface area contributed by atoms with E-state index in [0.717, 1.165) is 24.3 Å². The van der Waals surface area contributed by atoms with Crippen molar-refractivity contribution in [2.45, 2.75) is 6.92 Å². The lowest BCUT2D eigenvalue weighted by molar-refractivity contribution is -0.635. The van der Waals surface area contributed by atoms with Gasteiger partial charge in [0.2, 0.25) is 0 Å². The van der Waals surface area contributed by atoms with Crippen LogP contribution >= 0.6 is 0 Å². The molecule has 0 fully saturated rings. The third-order valence-corrected chi connectivity index (χ3v) is 3.86. The predicted octanol–water partition coefficient (Wildman–Crippen LogP) is 1.83. The van der Waals surface area contributed by atoms with E-state index in [9.17, 15) is 34.1 Å². The Bertz CT molecular complexity index is 1080. The maximum Gasteiger partial charge on any atom is 0.333 e. The molecule has 0 radical (unpaired) electrons. The van der Waals surface area contributed by atoms with Gasteiger partial charge in [0.25, 0.3) is 28.2 Å². The number of nitro benzene ring substituents is 1. The molecule has 8 nitrogen and oxygen atoms in total. The fourth-order valence-corrected chi connectivity index (χ4v) is 2.52. The van der Waals surface area contributed by atoms with E-state index in [4.69, 9.17) is 0 Å². The van der Waals surface area contributed by atoms with E-state index >= 15 is 0 Å². The molecule has 0 N–H and O–H groups in total. The highest BCUT2D eigenvalue weighted by molar-refractivity contribution is 6.07. The Morgan fingerprint density at radius 3 is 2.00 bits per heavy atom. The van der Waals surface area contributed by atoms with Gasteiger partial charge in [-0.1, -0.05) is 0 Å². The second-order valence-electron chi connectivity index (χ2n) is 5.41. The van der Waals surface area contributed by atoms with Crippen LogP contribution in [0.15, 0.2) is 36.4 Å². The lowest BCUT2D eigenvalue weighted by Gasteiger charge is -2.11. The van der Waals surface area contributed by atoms with Crippen LogP contribution in [-0.4, -0.2) is 10.7 Å². The zero-order chi connectivity index (χ0) is 19.2. The molecule has 1 heterocycles. The minimum Gasteiger partial charge on any atom is -0.618 e. The van der Waals surface area contributed by atoms with Gasteiger partial charge in [-0.05, 0) is 12.1 Å². The number of nitro groups is 1. The summed E-state index contributed by atoms with van der Waals surface area (Å²) in [4.78, 5) is 22.6. The molecule has 0 aliphatic heterocycles. The smallest absolute Gasteiger partial charge is 0.333 e. The number of benzene rings is 2. The Morgan fingerprint density at radius 1 is 1.00 bits per heavy atom. The molecule has 2 aromatic carbocycles. The topological polar surface area (TPSA) is 114 Å². The summed E-state index contributed by atoms with van der Waals surface area (Å²) in [5.74, 6) is -3.54. The Balaban J connectivity index is 2.22. The Labute approximate surface area is 143 Å². The van der Waals surface area contributed by atoms with Gasteiger partial charge in [-0.3, -0.25) is 14.9 Å². The molecule has 26 heavy (non-hydrogen) atoms. The molecule has 10 heteroatoms. The molecule has 132 valence electrons. The minimum absolute atomic E-state index is 0.0470. The van der Waals surface area contributed by atoms with Gasteiger partial charge in [0, 0.05) is 24.6 Å². The van der Waals surface area contributed by atoms with Gasteiger partial charge < -0.3 is 10.4 Å². The van der Waals surface area contributed by atoms with E-state index in [0.29, 0.717) is 12.1 Å². The molecule has 0 aliphatic rings. The Kier molecular flexibility index (Phi) is 3.95. The van der Waals surface area contributed by atoms with Crippen LogP contribution in [0.25, 0.3) is 11.0 Å². The first-order valence-corrected chi connectivity index (χ1v) is 7.16. The first-order chi connectivity index (χ1) is 12.2. The SMILES string of the molecule is Cc1c(C(=O)c2ccc([N+](=O)[O-])cc2)[n+]([O-])c2cc(F)c(F)cc2[n+]1[O-]. The van der Waals surface area contributed by atoms with Crippen molar-refractivity contribution in [2.24, 2.45) is 0 Å². The number of rotatable bonds is 3. The minimum atomic E-state index is -1.35. The summed E-state index contributed by atoms with van der Waals surface area (Å²) in [7, 11) is 0. The van der Waals surface area contributed by atoms with E-state index < -0.39 is 39.1 Å². The molecule has 0 unspecified atom stereocenters. The largest absolute Gasteiger partial charge is 0.618 e. The monoisotopic (exact) mass is 361 g/mol. The van der Waals surface area contributed by atoms with Gasteiger partial charge in [-0.15, -0.1) is 0 Å². The number of fused-ring (bicyclic) bond motifs is 1. The van der Waals surface area contributed by atoms with Crippen LogP contribution in [0.2, 0.25) is 0 Å². The number of halogens is 2. The summed E-state index contributed by atoms with van der Waals surface area (Å²) in [6, 6.07) is 5.49. The maximum absolute atomic E-state index is 13.4. The normalized spacial score (nSPS) is 10.9. The average Bonchev–Trinajstić information content (AvgIpc) is 2.61. The van der Waals surface area contributed by atoms with Crippen LogP contribution in [0.5, 0.6) is 0 Å². The molecule has 0 saturated carbocycles. The molecular weight excluding hydrogens is 352 g/mol. The van der Waals surface area contributed by atoms with Gasteiger partial charge in [0.15, 0.2) is 11.6 Å². The molecule has 0 aliphatic carbocycles. The van der Waals surface area contributed by atoms with Crippen LogP contribution in [-0.2, 0) is 0 Å². The number of carbonyl (C=O) groups excluding carboxylic acids is 1. The first-order valence-electron chi connectivity index (χ1n) is 7.16. The van der Waals surface area contributed by atoms with Crippen molar-refractivity contribution in [3.8, 4) is 0 Å². The van der Waals surface area contributed by atoms with Crippen molar-refractivity contribution in [3.05, 3.63) is 85.5 Å². The highest BCUT2D eigenvalue weighted by atomic mass is 19.2. The average molecular weight is 361 g/mol. The van der Waals surface area contributed by atoms with Crippen molar-refractivity contribution < 1.29 is 28.0 Å². The first kappa shape index (κ1) is 17.1. The Hall–Kier alpha value is -3.69. The summed E-state index contributed by atoms with van der Waals surface area (Å²) in [6.45, 7) is 1.18. The summed E-state index contributed by atoms with van der Waals surface area (Å²) >= 11 is 0. The highest BCUT2D eigenvalue weighted by Crippen LogP contribution is 2.18. The lowest BCUT2D eigenvalue weighted by atomic mass is 10.1. The predicted molar refractivity (Wildman–Crippen MR) is 83.0 cm³/mol. The number of aromatic nitrogens is 2. The second kappa shape index (κ2) is 5.99. The fraction of sp³-hybridized carbons (Fsp3) is 0.0625. The van der Waals surface area contributed by atoms with Gasteiger partial charge >= 0.3 is 5.69 Å². The molecule has 3 aromatic rings. The summed E-state index contributed by atoms with van der Waals surface area (Å²) in [5, 5.41) is 35.4. The van der Waals surface area contributed by atoms with E-state index in [1.54, 1.807) is 0 Å². The summed E-state index contributed by atoms with van der Waals surface area (Å²) < 4.78 is 27.0. The fourth-order valence-electron chi connectivity index (χ4n) is 2.52. The van der Waals surface area contributed by atoms with Crippen molar-refractivity contribution in [1.82, 2.24) is 0 Å². The van der Waals surface area contributed by atoms with Crippen molar-refractivity contribution in [2.75, 3.05) is 0 Å². The molecule has 0 saturated heterocycles. The number of nitrogens with zero attached hydrogens (tertiary/aromatic N) is 3. The van der Waals surface area contributed by atoms with Crippen LogP contribution in [0.3, 0.4) is 0 Å². The van der Waals surface area contributed by atoms with E-state index in [1.807, 2.05) is 0 Å². The third-order valence-electron chi connectivity index (χ3n) is 3.86. The number of hydrogen-bond acceptors (Lipinski definition) is 5. The standard InChI is InChI=1S/C16H9F2N3O5/c1-8-15(16(22)9-2-4-10(5-3-9)21(25)26)20(24)14-7-12(18)11(17)6-13(14)19(8)23/h2-7H,1H3. The number of hydrogen-bond donors (Lipinski definition) is 0. The van der Waals surface area contributed by atoms with Crippen LogP contribution in [0, 0.1) is 39.1 Å². The van der Waals surface area contributed by atoms with E-state index in [-0.39, 0.29) is 26.4 Å². The third kappa shape index (κ3) is 2.57. The second-order valence-corrected chi connectivity index (χ2v) is 5.41. The number of ketones is 1. The van der Waals surface area contributed by atoms with Gasteiger partial charge in [0.1, 0.15) is 0 Å². The van der Waals surface area contributed by atoms with Crippen LogP contribution in [0.4, 0.5) is 14.5 Å². The molecule has 3 rings (SSSR count). The van der Waals surface area contributed by atoms with E-state index in [1.165, 1.54) is 6.92 Å². The van der Waals surface area contributed by atoms with Gasteiger partial charge in [-0.2, -0.15) is 9.46 Å². The molecule has 1 aromatic heterocycles. The number of carbonyl (C=O) groups is 1. The van der Waals surface area contributed by atoms with Crippen molar-refractivity contribution >= 4 is 22.5 Å². The summed E-state index contributed by atoms with van der Waals surface area (Å²) in [5.41, 5.74) is -2.20. The zero-order valence-corrected chi connectivity index (χ0v) is 13.1.